The quantitative estimate of drug-likeness (QED) is 0.692. The summed E-state index contributed by atoms with van der Waals surface area (Å²) in [5.41, 5.74) is 0.429. The van der Waals surface area contributed by atoms with E-state index < -0.39 is 0 Å². The first-order chi connectivity index (χ1) is 14.0. The van der Waals surface area contributed by atoms with Crippen LogP contribution in [0.25, 0.3) is 0 Å². The molecule has 1 unspecified atom stereocenters. The maximum atomic E-state index is 12.3. The fourth-order valence-corrected chi connectivity index (χ4v) is 8.20. The Morgan fingerprint density at radius 2 is 1.73 bits per heavy atom. The van der Waals surface area contributed by atoms with Crippen LogP contribution in [-0.4, -0.2) is 42.0 Å². The average molecular weight is 418 g/mol. The van der Waals surface area contributed by atoms with Crippen molar-refractivity contribution in [1.29, 1.82) is 0 Å². The third kappa shape index (κ3) is 3.54. The van der Waals surface area contributed by atoms with Gasteiger partial charge in [-0.05, 0) is 100 Å². The van der Waals surface area contributed by atoms with Crippen molar-refractivity contribution in [2.24, 2.45) is 34.5 Å². The molecular formula is C25H43N3O2. The molecule has 5 nitrogen and oxygen atoms in total. The summed E-state index contributed by atoms with van der Waals surface area (Å²) < 4.78 is 0. The van der Waals surface area contributed by atoms with Crippen molar-refractivity contribution in [3.05, 3.63) is 0 Å². The van der Waals surface area contributed by atoms with Crippen molar-refractivity contribution in [3.63, 3.8) is 0 Å². The molecule has 4 rings (SSSR count). The van der Waals surface area contributed by atoms with Crippen molar-refractivity contribution < 1.29 is 9.59 Å². The van der Waals surface area contributed by atoms with Crippen molar-refractivity contribution in [2.75, 3.05) is 13.6 Å². The molecule has 30 heavy (non-hydrogen) atoms. The zero-order valence-electron chi connectivity index (χ0n) is 20.0. The van der Waals surface area contributed by atoms with Crippen LogP contribution in [0.4, 0.5) is 4.79 Å². The lowest BCUT2D eigenvalue weighted by Crippen LogP contribution is -2.61. The third-order valence-corrected chi connectivity index (χ3v) is 9.75. The summed E-state index contributed by atoms with van der Waals surface area (Å²) in [5, 5.41) is 6.22. The number of amides is 3. The Kier molecular flexibility index (Phi) is 5.42. The van der Waals surface area contributed by atoms with Gasteiger partial charge in [-0.3, -0.25) is 4.79 Å². The lowest BCUT2D eigenvalue weighted by molar-refractivity contribution is -0.158. The van der Waals surface area contributed by atoms with E-state index in [1.807, 2.05) is 27.8 Å². The van der Waals surface area contributed by atoms with Gasteiger partial charge in [-0.15, -0.1) is 0 Å². The third-order valence-electron chi connectivity index (χ3n) is 9.75. The zero-order chi connectivity index (χ0) is 21.9. The van der Waals surface area contributed by atoms with Gasteiger partial charge < -0.3 is 15.5 Å². The smallest absolute Gasteiger partial charge is 0.315 e. The fourth-order valence-electron chi connectivity index (χ4n) is 8.20. The van der Waals surface area contributed by atoms with Crippen LogP contribution in [0.5, 0.6) is 0 Å². The van der Waals surface area contributed by atoms with Gasteiger partial charge in [0.05, 0.1) is 0 Å². The highest BCUT2D eigenvalue weighted by atomic mass is 16.2. The molecule has 3 amide bonds. The molecule has 3 saturated carbocycles. The number of nitrogens with zero attached hydrogens (tertiary/aromatic N) is 1. The van der Waals surface area contributed by atoms with Crippen LogP contribution < -0.4 is 10.6 Å². The average Bonchev–Trinajstić information content (AvgIpc) is 2.98. The first kappa shape index (κ1) is 22.0. The first-order valence-corrected chi connectivity index (χ1v) is 12.3. The van der Waals surface area contributed by atoms with E-state index in [0.29, 0.717) is 23.3 Å². The van der Waals surface area contributed by atoms with Gasteiger partial charge in [0.15, 0.2) is 0 Å². The van der Waals surface area contributed by atoms with E-state index in [4.69, 9.17) is 0 Å². The Morgan fingerprint density at radius 3 is 2.43 bits per heavy atom. The van der Waals surface area contributed by atoms with E-state index in [2.05, 4.69) is 29.4 Å². The van der Waals surface area contributed by atoms with E-state index in [1.54, 1.807) is 0 Å². The summed E-state index contributed by atoms with van der Waals surface area (Å²) in [7, 11) is 2.04. The SMILES string of the molecule is CN1C(=O)CC[C@]2(C)[C@H]3CC[C@]4(C)C(CNC(=O)NC(C)(C)C)CC[C@H]4[C@@H]3CC[C@@H]12. The van der Waals surface area contributed by atoms with Crippen molar-refractivity contribution in [2.45, 2.75) is 97.6 Å². The summed E-state index contributed by atoms with van der Waals surface area (Å²) >= 11 is 0. The van der Waals surface area contributed by atoms with Crippen LogP contribution in [0.2, 0.25) is 0 Å². The minimum absolute atomic E-state index is 0.0360. The molecule has 0 bridgehead atoms. The van der Waals surface area contributed by atoms with Gasteiger partial charge in [0, 0.05) is 31.6 Å². The molecule has 5 heteroatoms. The van der Waals surface area contributed by atoms with Crippen molar-refractivity contribution >= 4 is 11.9 Å². The fraction of sp³-hybridized carbons (Fsp3) is 0.920. The highest BCUT2D eigenvalue weighted by molar-refractivity contribution is 5.77. The molecule has 0 aromatic heterocycles. The molecule has 1 heterocycles. The van der Waals surface area contributed by atoms with Gasteiger partial charge in [0.1, 0.15) is 0 Å². The Balaban J connectivity index is 1.45. The van der Waals surface area contributed by atoms with Crippen LogP contribution in [0.1, 0.15) is 86.0 Å². The Morgan fingerprint density at radius 1 is 1.03 bits per heavy atom. The topological polar surface area (TPSA) is 61.4 Å². The molecule has 0 spiro atoms. The number of carbonyl (C=O) groups excluding carboxylic acids is 2. The predicted molar refractivity (Wildman–Crippen MR) is 120 cm³/mol. The largest absolute Gasteiger partial charge is 0.342 e. The number of rotatable bonds is 2. The normalized spacial score (nSPS) is 43.5. The van der Waals surface area contributed by atoms with Gasteiger partial charge in [-0.1, -0.05) is 13.8 Å². The first-order valence-electron chi connectivity index (χ1n) is 12.3. The maximum Gasteiger partial charge on any atom is 0.315 e. The van der Waals surface area contributed by atoms with Crippen LogP contribution in [0, 0.1) is 34.5 Å². The summed E-state index contributed by atoms with van der Waals surface area (Å²) in [4.78, 5) is 26.7. The lowest BCUT2D eigenvalue weighted by atomic mass is 9.47. The number of fused-ring (bicyclic) bond motifs is 5. The Hall–Kier alpha value is -1.26. The van der Waals surface area contributed by atoms with E-state index in [1.165, 1.54) is 38.5 Å². The van der Waals surface area contributed by atoms with Crippen LogP contribution in [0.3, 0.4) is 0 Å². The highest BCUT2D eigenvalue weighted by Gasteiger charge is 2.60. The Bertz CT molecular complexity index is 701. The number of likely N-dealkylation sites (tertiary alicyclic amines) is 1. The molecule has 170 valence electrons. The van der Waals surface area contributed by atoms with E-state index in [-0.39, 0.29) is 17.0 Å². The summed E-state index contributed by atoms with van der Waals surface area (Å²) in [5.74, 6) is 3.24. The minimum atomic E-state index is -0.202. The predicted octanol–water partition coefficient (Wildman–Crippen LogP) is 4.56. The number of hydrogen-bond acceptors (Lipinski definition) is 2. The number of piperidine rings is 1. The highest BCUT2D eigenvalue weighted by Crippen LogP contribution is 2.66. The molecule has 0 radical (unpaired) electrons. The van der Waals surface area contributed by atoms with Crippen molar-refractivity contribution in [1.82, 2.24) is 15.5 Å². The van der Waals surface area contributed by atoms with Gasteiger partial charge in [0.2, 0.25) is 5.91 Å². The number of hydrogen-bond donors (Lipinski definition) is 2. The molecule has 4 fully saturated rings. The molecule has 1 saturated heterocycles. The molecule has 2 N–H and O–H groups in total. The Labute approximate surface area is 183 Å². The van der Waals surface area contributed by atoms with Gasteiger partial charge in [0.25, 0.3) is 0 Å². The molecule has 0 aromatic carbocycles. The van der Waals surface area contributed by atoms with E-state index >= 15 is 0 Å². The molecule has 7 atom stereocenters. The number of nitrogens with one attached hydrogen (secondary N) is 2. The number of urea groups is 1. The van der Waals surface area contributed by atoms with E-state index in [0.717, 1.165) is 37.1 Å². The molecular weight excluding hydrogens is 374 g/mol. The summed E-state index contributed by atoms with van der Waals surface area (Å²) in [6.45, 7) is 11.9. The van der Waals surface area contributed by atoms with Crippen LogP contribution in [0.15, 0.2) is 0 Å². The standard InChI is InChI=1S/C25H43N3O2/c1-23(2,3)27-22(30)26-15-16-7-9-18-17-8-10-20-25(5,14-12-21(29)28(20)6)19(17)11-13-24(16,18)4/h16-20H,7-15H2,1-6H3,(H2,26,27,30)/t16?,17-,18-,19-,20+,24+,25+/m0/s1. The second kappa shape index (κ2) is 7.41. The lowest BCUT2D eigenvalue weighted by Gasteiger charge is -2.61. The van der Waals surface area contributed by atoms with Crippen molar-refractivity contribution in [3.8, 4) is 0 Å². The summed E-state index contributed by atoms with van der Waals surface area (Å²) in [6.07, 6.45) is 9.34. The van der Waals surface area contributed by atoms with E-state index in [9.17, 15) is 9.59 Å². The molecule has 3 aliphatic carbocycles. The second-order valence-electron chi connectivity index (χ2n) is 12.4. The number of carbonyl (C=O) groups is 2. The molecule has 0 aromatic rings. The second-order valence-corrected chi connectivity index (χ2v) is 12.4. The van der Waals surface area contributed by atoms with Gasteiger partial charge >= 0.3 is 6.03 Å². The molecule has 1 aliphatic heterocycles. The zero-order valence-corrected chi connectivity index (χ0v) is 20.0. The van der Waals surface area contributed by atoms with Gasteiger partial charge in [-0.25, -0.2) is 4.79 Å². The van der Waals surface area contributed by atoms with Gasteiger partial charge in [-0.2, -0.15) is 0 Å². The van der Waals surface area contributed by atoms with Crippen LogP contribution in [-0.2, 0) is 4.79 Å². The van der Waals surface area contributed by atoms with Crippen LogP contribution >= 0.6 is 0 Å². The summed E-state index contributed by atoms with van der Waals surface area (Å²) in [6, 6.07) is 0.399. The minimum Gasteiger partial charge on any atom is -0.342 e. The monoisotopic (exact) mass is 417 g/mol. The molecule has 4 aliphatic rings. The maximum absolute atomic E-state index is 12.3.